The number of nitrogens with one attached hydrogen (secondary N) is 1. The summed E-state index contributed by atoms with van der Waals surface area (Å²) in [6.45, 7) is 2.13. The van der Waals surface area contributed by atoms with E-state index in [1.165, 1.54) is 0 Å². The number of para-hydroxylation sites is 2. The fourth-order valence-electron chi connectivity index (χ4n) is 3.69. The molecule has 5 rings (SSSR count). The number of amides is 2. The van der Waals surface area contributed by atoms with Crippen LogP contribution in [0.1, 0.15) is 34.9 Å². The molecule has 0 radical (unpaired) electrons. The molecular formula is C20H22N4O4. The molecule has 1 aliphatic carbocycles. The van der Waals surface area contributed by atoms with Crippen molar-refractivity contribution in [2.75, 3.05) is 32.8 Å². The molecular weight excluding hydrogens is 360 g/mol. The van der Waals surface area contributed by atoms with Crippen molar-refractivity contribution in [3.8, 4) is 11.5 Å². The van der Waals surface area contributed by atoms with Gasteiger partial charge in [0.2, 0.25) is 6.10 Å². The van der Waals surface area contributed by atoms with Gasteiger partial charge < -0.3 is 19.3 Å². The van der Waals surface area contributed by atoms with E-state index in [2.05, 4.69) is 10.2 Å². The van der Waals surface area contributed by atoms with Gasteiger partial charge in [-0.15, -0.1) is 0 Å². The summed E-state index contributed by atoms with van der Waals surface area (Å²) in [5.41, 5.74) is 1.51. The second-order valence-corrected chi connectivity index (χ2v) is 7.46. The molecule has 1 saturated heterocycles. The number of piperazine rings is 1. The Morgan fingerprint density at radius 1 is 1.04 bits per heavy atom. The highest BCUT2D eigenvalue weighted by Gasteiger charge is 2.34. The molecule has 2 aromatic rings. The number of nitrogens with zero attached hydrogens (tertiary/aromatic N) is 3. The van der Waals surface area contributed by atoms with Crippen LogP contribution in [0.3, 0.4) is 0 Å². The number of aromatic amines is 1. The smallest absolute Gasteiger partial charge is 0.274 e. The number of ether oxygens (including phenoxy) is 2. The van der Waals surface area contributed by atoms with Crippen molar-refractivity contribution in [1.82, 2.24) is 20.0 Å². The molecule has 0 bridgehead atoms. The van der Waals surface area contributed by atoms with E-state index in [1.807, 2.05) is 24.3 Å². The minimum Gasteiger partial charge on any atom is -0.485 e. The summed E-state index contributed by atoms with van der Waals surface area (Å²) in [6, 6.07) is 9.20. The van der Waals surface area contributed by atoms with E-state index in [-0.39, 0.29) is 18.4 Å². The lowest BCUT2D eigenvalue weighted by Gasteiger charge is -2.36. The summed E-state index contributed by atoms with van der Waals surface area (Å²) in [5, 5.41) is 7.14. The highest BCUT2D eigenvalue weighted by molar-refractivity contribution is 5.92. The lowest BCUT2D eigenvalue weighted by molar-refractivity contribution is -0.142. The van der Waals surface area contributed by atoms with Gasteiger partial charge in [-0.05, 0) is 31.0 Å². The highest BCUT2D eigenvalue weighted by atomic mass is 16.6. The van der Waals surface area contributed by atoms with Crippen LogP contribution in [-0.4, -0.2) is 70.7 Å². The van der Waals surface area contributed by atoms with Gasteiger partial charge in [0.25, 0.3) is 11.8 Å². The molecule has 2 amide bonds. The van der Waals surface area contributed by atoms with Gasteiger partial charge >= 0.3 is 0 Å². The Labute approximate surface area is 162 Å². The first-order valence-electron chi connectivity index (χ1n) is 9.71. The van der Waals surface area contributed by atoms with E-state index >= 15 is 0 Å². The van der Waals surface area contributed by atoms with Crippen molar-refractivity contribution >= 4 is 11.8 Å². The van der Waals surface area contributed by atoms with Crippen molar-refractivity contribution in [2.45, 2.75) is 24.9 Å². The molecule has 8 heteroatoms. The Bertz CT molecular complexity index is 899. The van der Waals surface area contributed by atoms with Crippen LogP contribution in [0.2, 0.25) is 0 Å². The Kier molecular flexibility index (Phi) is 4.18. The largest absolute Gasteiger partial charge is 0.485 e. The van der Waals surface area contributed by atoms with Crippen LogP contribution in [0.5, 0.6) is 11.5 Å². The maximum Gasteiger partial charge on any atom is 0.274 e. The van der Waals surface area contributed by atoms with Crippen molar-refractivity contribution < 1.29 is 19.1 Å². The third kappa shape index (κ3) is 3.19. The molecule has 8 nitrogen and oxygen atoms in total. The lowest BCUT2D eigenvalue weighted by Crippen LogP contribution is -2.55. The Balaban J connectivity index is 1.17. The summed E-state index contributed by atoms with van der Waals surface area (Å²) in [7, 11) is 0. The Morgan fingerprint density at radius 2 is 1.75 bits per heavy atom. The predicted molar refractivity (Wildman–Crippen MR) is 99.4 cm³/mol. The number of H-pyrrole nitrogens is 1. The molecule has 1 atom stereocenters. The summed E-state index contributed by atoms with van der Waals surface area (Å²) in [4.78, 5) is 29.0. The zero-order valence-corrected chi connectivity index (χ0v) is 15.5. The van der Waals surface area contributed by atoms with E-state index in [0.717, 1.165) is 18.5 Å². The summed E-state index contributed by atoms with van der Waals surface area (Å²) in [6.07, 6.45) is 1.67. The van der Waals surface area contributed by atoms with Crippen LogP contribution in [0.25, 0.3) is 0 Å². The van der Waals surface area contributed by atoms with Crippen molar-refractivity contribution in [3.63, 3.8) is 0 Å². The van der Waals surface area contributed by atoms with E-state index in [4.69, 9.17) is 9.47 Å². The van der Waals surface area contributed by atoms with E-state index < -0.39 is 6.10 Å². The molecule has 1 N–H and O–H groups in total. The van der Waals surface area contributed by atoms with Crippen molar-refractivity contribution in [2.24, 2.45) is 0 Å². The number of rotatable bonds is 3. The van der Waals surface area contributed by atoms with Crippen LogP contribution in [0.15, 0.2) is 30.3 Å². The SMILES string of the molecule is O=C(c1cc(C2CC2)[nH]n1)N1CCN(C(=O)C2COc3ccccc3O2)CC1. The average Bonchev–Trinajstić information content (AvgIpc) is 3.49. The van der Waals surface area contributed by atoms with E-state index in [0.29, 0.717) is 49.3 Å². The van der Waals surface area contributed by atoms with Crippen molar-refractivity contribution in [1.29, 1.82) is 0 Å². The quantitative estimate of drug-likeness (QED) is 0.867. The van der Waals surface area contributed by atoms with E-state index in [1.54, 1.807) is 15.9 Å². The molecule has 0 spiro atoms. The van der Waals surface area contributed by atoms with Gasteiger partial charge in [-0.1, -0.05) is 12.1 Å². The number of hydrogen-bond acceptors (Lipinski definition) is 5. The van der Waals surface area contributed by atoms with Crippen LogP contribution in [-0.2, 0) is 4.79 Å². The minimum absolute atomic E-state index is 0.0820. The van der Waals surface area contributed by atoms with Gasteiger partial charge in [0.1, 0.15) is 12.3 Å². The molecule has 3 aliphatic rings. The third-order valence-electron chi connectivity index (χ3n) is 5.50. The van der Waals surface area contributed by atoms with Crippen LogP contribution in [0.4, 0.5) is 0 Å². The maximum atomic E-state index is 12.8. The van der Waals surface area contributed by atoms with Gasteiger partial charge in [-0.3, -0.25) is 14.7 Å². The number of hydrogen-bond donors (Lipinski definition) is 1. The van der Waals surface area contributed by atoms with Gasteiger partial charge in [0, 0.05) is 37.8 Å². The number of fused-ring (bicyclic) bond motifs is 1. The van der Waals surface area contributed by atoms with Gasteiger partial charge in [-0.2, -0.15) is 5.10 Å². The summed E-state index contributed by atoms with van der Waals surface area (Å²) < 4.78 is 11.5. The third-order valence-corrected chi connectivity index (χ3v) is 5.50. The molecule has 1 saturated carbocycles. The first-order chi connectivity index (χ1) is 13.7. The predicted octanol–water partition coefficient (Wildman–Crippen LogP) is 1.41. The number of benzene rings is 1. The topological polar surface area (TPSA) is 87.8 Å². The second kappa shape index (κ2) is 6.85. The first kappa shape index (κ1) is 17.1. The number of carbonyl (C=O) groups excluding carboxylic acids is 2. The monoisotopic (exact) mass is 382 g/mol. The molecule has 2 fully saturated rings. The minimum atomic E-state index is -0.649. The highest BCUT2D eigenvalue weighted by Crippen LogP contribution is 2.39. The first-order valence-corrected chi connectivity index (χ1v) is 9.71. The summed E-state index contributed by atoms with van der Waals surface area (Å²) in [5.74, 6) is 1.60. The van der Waals surface area contributed by atoms with Gasteiger partial charge in [0.15, 0.2) is 11.5 Å². The lowest BCUT2D eigenvalue weighted by atomic mass is 10.2. The van der Waals surface area contributed by atoms with Crippen molar-refractivity contribution in [3.05, 3.63) is 41.7 Å². The van der Waals surface area contributed by atoms with E-state index in [9.17, 15) is 9.59 Å². The van der Waals surface area contributed by atoms with Gasteiger partial charge in [0.05, 0.1) is 0 Å². The molecule has 1 aromatic heterocycles. The zero-order chi connectivity index (χ0) is 19.1. The summed E-state index contributed by atoms with van der Waals surface area (Å²) >= 11 is 0. The molecule has 146 valence electrons. The zero-order valence-electron chi connectivity index (χ0n) is 15.5. The normalized spacial score (nSPS) is 21.5. The molecule has 1 unspecified atom stereocenters. The van der Waals surface area contributed by atoms with Crippen LogP contribution in [0, 0.1) is 0 Å². The fourth-order valence-corrected chi connectivity index (χ4v) is 3.69. The van der Waals surface area contributed by atoms with Crippen LogP contribution < -0.4 is 9.47 Å². The maximum absolute atomic E-state index is 12.8. The fraction of sp³-hybridized carbons (Fsp3) is 0.450. The standard InChI is InChI=1S/C20H22N4O4/c25-19(15-11-14(21-22-15)13-5-6-13)23-7-9-24(10-8-23)20(26)18-12-27-16-3-1-2-4-17(16)28-18/h1-4,11,13,18H,5-10,12H2,(H,21,22). The molecule has 1 aromatic carbocycles. The van der Waals surface area contributed by atoms with Gasteiger partial charge in [-0.25, -0.2) is 0 Å². The average molecular weight is 382 g/mol. The molecule has 3 heterocycles. The molecule has 2 aliphatic heterocycles. The van der Waals surface area contributed by atoms with Crippen LogP contribution >= 0.6 is 0 Å². The Morgan fingerprint density at radius 3 is 2.50 bits per heavy atom. The number of carbonyl (C=O) groups is 2. The second-order valence-electron chi connectivity index (χ2n) is 7.46. The number of aromatic nitrogens is 2. The molecule has 28 heavy (non-hydrogen) atoms. The Hall–Kier alpha value is -3.03.